The van der Waals surface area contributed by atoms with Gasteiger partial charge in [0.05, 0.1) is 25.4 Å². The van der Waals surface area contributed by atoms with Crippen LogP contribution in [0.25, 0.3) is 0 Å². The molecule has 2 fully saturated rings. The zero-order valence-corrected chi connectivity index (χ0v) is 16.7. The van der Waals surface area contributed by atoms with Crippen LogP contribution in [0.2, 0.25) is 0 Å². The van der Waals surface area contributed by atoms with Crippen molar-refractivity contribution in [1.29, 1.82) is 0 Å². The molecule has 148 valence electrons. The molecule has 0 amide bonds. The van der Waals surface area contributed by atoms with Gasteiger partial charge in [0.15, 0.2) is 11.5 Å². The molecular formula is C24H29NO3. The lowest BCUT2D eigenvalue weighted by Crippen LogP contribution is -2.30. The van der Waals surface area contributed by atoms with Gasteiger partial charge < -0.3 is 19.5 Å². The van der Waals surface area contributed by atoms with Gasteiger partial charge in [0.1, 0.15) is 0 Å². The summed E-state index contributed by atoms with van der Waals surface area (Å²) in [5.74, 6) is 2.14. The van der Waals surface area contributed by atoms with Gasteiger partial charge in [-0.25, -0.2) is 0 Å². The van der Waals surface area contributed by atoms with Crippen LogP contribution in [-0.2, 0) is 4.74 Å². The van der Waals surface area contributed by atoms with Crippen molar-refractivity contribution in [3.05, 3.63) is 53.1 Å². The number of anilines is 1. The number of hydrogen-bond acceptors (Lipinski definition) is 4. The highest BCUT2D eigenvalue weighted by Crippen LogP contribution is 2.52. The van der Waals surface area contributed by atoms with Gasteiger partial charge >= 0.3 is 0 Å². The van der Waals surface area contributed by atoms with Gasteiger partial charge in [-0.1, -0.05) is 29.8 Å². The van der Waals surface area contributed by atoms with E-state index in [4.69, 9.17) is 14.2 Å². The number of aryl methyl sites for hydroxylation is 1. The number of rotatable bonds is 4. The van der Waals surface area contributed by atoms with Crippen molar-refractivity contribution in [3.63, 3.8) is 0 Å². The first kappa shape index (κ1) is 17.9. The van der Waals surface area contributed by atoms with Gasteiger partial charge in [-0.3, -0.25) is 0 Å². The fraction of sp³-hybridized carbons (Fsp3) is 0.500. The number of fused-ring (bicyclic) bond motifs is 3. The van der Waals surface area contributed by atoms with Gasteiger partial charge in [0.2, 0.25) is 0 Å². The van der Waals surface area contributed by atoms with Gasteiger partial charge in [0.25, 0.3) is 0 Å². The molecule has 2 aromatic rings. The molecule has 28 heavy (non-hydrogen) atoms. The Labute approximate surface area is 167 Å². The summed E-state index contributed by atoms with van der Waals surface area (Å²) in [6.07, 6.45) is 6.26. The summed E-state index contributed by atoms with van der Waals surface area (Å²) in [6, 6.07) is 13.1. The van der Waals surface area contributed by atoms with Crippen molar-refractivity contribution in [1.82, 2.24) is 0 Å². The second-order valence-corrected chi connectivity index (χ2v) is 8.36. The van der Waals surface area contributed by atoms with E-state index in [2.05, 4.69) is 42.6 Å². The Bertz CT molecular complexity index is 859. The summed E-state index contributed by atoms with van der Waals surface area (Å²) in [6.45, 7) is 2.95. The minimum Gasteiger partial charge on any atom is -0.493 e. The van der Waals surface area contributed by atoms with E-state index in [0.29, 0.717) is 12.0 Å². The highest BCUT2D eigenvalue weighted by atomic mass is 16.5. The SMILES string of the molecule is COc1cccc([C@@H]2Nc3ccc(C)cc3[C@H]3OCC[C@H]32)c1OC1CCCC1. The molecule has 1 N–H and O–H groups in total. The highest BCUT2D eigenvalue weighted by molar-refractivity contribution is 5.60. The maximum absolute atomic E-state index is 6.53. The zero-order chi connectivity index (χ0) is 19.1. The van der Waals surface area contributed by atoms with Gasteiger partial charge in [-0.15, -0.1) is 0 Å². The summed E-state index contributed by atoms with van der Waals surface area (Å²) in [5.41, 5.74) is 4.94. The summed E-state index contributed by atoms with van der Waals surface area (Å²) in [5, 5.41) is 3.81. The van der Waals surface area contributed by atoms with E-state index < -0.39 is 0 Å². The Balaban J connectivity index is 1.56. The van der Waals surface area contributed by atoms with Crippen LogP contribution in [0, 0.1) is 12.8 Å². The summed E-state index contributed by atoms with van der Waals surface area (Å²) >= 11 is 0. The summed E-state index contributed by atoms with van der Waals surface area (Å²) < 4.78 is 18.4. The monoisotopic (exact) mass is 379 g/mol. The quantitative estimate of drug-likeness (QED) is 0.754. The van der Waals surface area contributed by atoms with E-state index in [-0.39, 0.29) is 12.1 Å². The van der Waals surface area contributed by atoms with Crippen LogP contribution in [0.1, 0.15) is 60.9 Å². The maximum atomic E-state index is 6.53. The fourth-order valence-electron chi connectivity index (χ4n) is 5.14. The number of nitrogens with one attached hydrogen (secondary N) is 1. The maximum Gasteiger partial charge on any atom is 0.166 e. The lowest BCUT2D eigenvalue weighted by molar-refractivity contribution is 0.0823. The van der Waals surface area contributed by atoms with Crippen LogP contribution >= 0.6 is 0 Å². The first-order valence-corrected chi connectivity index (χ1v) is 10.6. The lowest BCUT2D eigenvalue weighted by Gasteiger charge is -2.37. The van der Waals surface area contributed by atoms with E-state index in [1.165, 1.54) is 35.2 Å². The third-order valence-corrected chi connectivity index (χ3v) is 6.54. The van der Waals surface area contributed by atoms with E-state index in [1.807, 2.05) is 6.07 Å². The van der Waals surface area contributed by atoms with Crippen LogP contribution in [0.4, 0.5) is 5.69 Å². The van der Waals surface area contributed by atoms with Crippen LogP contribution in [0.5, 0.6) is 11.5 Å². The zero-order valence-electron chi connectivity index (χ0n) is 16.7. The molecule has 2 heterocycles. The third-order valence-electron chi connectivity index (χ3n) is 6.54. The van der Waals surface area contributed by atoms with Crippen molar-refractivity contribution in [2.24, 2.45) is 5.92 Å². The number of hydrogen-bond donors (Lipinski definition) is 1. The van der Waals surface area contributed by atoms with Crippen molar-refractivity contribution in [2.75, 3.05) is 19.0 Å². The fourth-order valence-corrected chi connectivity index (χ4v) is 5.14. The first-order valence-electron chi connectivity index (χ1n) is 10.6. The molecule has 1 saturated carbocycles. The number of para-hydroxylation sites is 1. The van der Waals surface area contributed by atoms with Crippen molar-refractivity contribution >= 4 is 5.69 Å². The first-order chi connectivity index (χ1) is 13.7. The number of ether oxygens (including phenoxy) is 3. The normalized spacial score (nSPS) is 26.4. The predicted molar refractivity (Wildman–Crippen MR) is 110 cm³/mol. The molecule has 0 unspecified atom stereocenters. The van der Waals surface area contributed by atoms with Crippen LogP contribution in [0.3, 0.4) is 0 Å². The Kier molecular flexibility index (Phi) is 4.67. The molecule has 4 heteroatoms. The largest absolute Gasteiger partial charge is 0.493 e. The van der Waals surface area contributed by atoms with Crippen LogP contribution in [-0.4, -0.2) is 19.8 Å². The molecule has 5 rings (SSSR count). The number of methoxy groups -OCH3 is 1. The van der Waals surface area contributed by atoms with E-state index in [9.17, 15) is 0 Å². The molecule has 4 nitrogen and oxygen atoms in total. The molecule has 2 aromatic carbocycles. The smallest absolute Gasteiger partial charge is 0.166 e. The van der Waals surface area contributed by atoms with Crippen LogP contribution in [0.15, 0.2) is 36.4 Å². The summed E-state index contributed by atoms with van der Waals surface area (Å²) in [4.78, 5) is 0. The molecule has 0 bridgehead atoms. The van der Waals surface area contributed by atoms with Crippen molar-refractivity contribution in [3.8, 4) is 11.5 Å². The van der Waals surface area contributed by atoms with Crippen LogP contribution < -0.4 is 14.8 Å². The standard InChI is InChI=1S/C24H29NO3/c1-15-10-11-20-19(14-15)23-18(12-13-27-23)22(25-20)17-8-5-9-21(26-2)24(17)28-16-6-3-4-7-16/h5,8-11,14,16,18,22-23,25H,3-4,6-7,12-13H2,1-2H3/t18-,22-,23-/m0/s1. The molecule has 0 aromatic heterocycles. The second-order valence-electron chi connectivity index (χ2n) is 8.36. The highest BCUT2D eigenvalue weighted by Gasteiger charge is 2.43. The minimum atomic E-state index is 0.145. The Morgan fingerprint density at radius 1 is 1.04 bits per heavy atom. The molecule has 3 aliphatic rings. The molecule has 3 atom stereocenters. The van der Waals surface area contributed by atoms with E-state index >= 15 is 0 Å². The Morgan fingerprint density at radius 2 is 1.89 bits per heavy atom. The Hall–Kier alpha value is -2.20. The summed E-state index contributed by atoms with van der Waals surface area (Å²) in [7, 11) is 1.73. The Morgan fingerprint density at radius 3 is 2.71 bits per heavy atom. The van der Waals surface area contributed by atoms with Crippen molar-refractivity contribution in [2.45, 2.75) is 57.3 Å². The molecule has 1 saturated heterocycles. The predicted octanol–water partition coefficient (Wildman–Crippen LogP) is 5.57. The topological polar surface area (TPSA) is 39.7 Å². The molecule has 2 aliphatic heterocycles. The second kappa shape index (κ2) is 7.32. The lowest BCUT2D eigenvalue weighted by atomic mass is 9.80. The minimum absolute atomic E-state index is 0.145. The van der Waals surface area contributed by atoms with E-state index in [1.54, 1.807) is 7.11 Å². The van der Waals surface area contributed by atoms with Gasteiger partial charge in [-0.05, 0) is 51.2 Å². The average Bonchev–Trinajstić information content (AvgIpc) is 3.40. The molecular weight excluding hydrogens is 350 g/mol. The average molecular weight is 380 g/mol. The molecule has 0 spiro atoms. The third kappa shape index (κ3) is 3.04. The van der Waals surface area contributed by atoms with Gasteiger partial charge in [-0.2, -0.15) is 0 Å². The van der Waals surface area contributed by atoms with Crippen molar-refractivity contribution < 1.29 is 14.2 Å². The van der Waals surface area contributed by atoms with Gasteiger partial charge in [0, 0.05) is 29.3 Å². The number of benzene rings is 2. The molecule has 1 aliphatic carbocycles. The van der Waals surface area contributed by atoms with E-state index in [0.717, 1.165) is 37.4 Å². The molecule has 0 radical (unpaired) electrons.